The first-order chi connectivity index (χ1) is 12.3. The Balaban J connectivity index is 1.56. The molecule has 2 aromatic carbocycles. The van der Waals surface area contributed by atoms with Crippen LogP contribution in [0.1, 0.15) is 59.1 Å². The number of benzene rings is 2. The summed E-state index contributed by atoms with van der Waals surface area (Å²) in [5.74, 6) is 0.710. The second kappa shape index (κ2) is 7.40. The molecule has 4 rings (SSSR count). The van der Waals surface area contributed by atoms with Crippen LogP contribution in [-0.2, 0) is 0 Å². The van der Waals surface area contributed by atoms with E-state index in [0.717, 1.165) is 38.0 Å². The molecule has 2 fully saturated rings. The van der Waals surface area contributed by atoms with Gasteiger partial charge in [0.1, 0.15) is 0 Å². The van der Waals surface area contributed by atoms with E-state index in [9.17, 15) is 4.79 Å². The quantitative estimate of drug-likeness (QED) is 0.915. The lowest BCUT2D eigenvalue weighted by molar-refractivity contribution is 0.0735. The van der Waals surface area contributed by atoms with Crippen LogP contribution >= 0.6 is 0 Å². The molecule has 3 nitrogen and oxygen atoms in total. The predicted octanol–water partition coefficient (Wildman–Crippen LogP) is 4.13. The van der Waals surface area contributed by atoms with Gasteiger partial charge in [0.15, 0.2) is 0 Å². The molecule has 1 N–H and O–H groups in total. The van der Waals surface area contributed by atoms with Crippen molar-refractivity contribution in [3.8, 4) is 0 Å². The van der Waals surface area contributed by atoms with E-state index < -0.39 is 0 Å². The first-order valence-corrected chi connectivity index (χ1v) is 9.49. The van der Waals surface area contributed by atoms with Crippen molar-refractivity contribution in [2.75, 3.05) is 19.6 Å². The van der Waals surface area contributed by atoms with E-state index in [0.29, 0.717) is 5.92 Å². The van der Waals surface area contributed by atoms with Gasteiger partial charge in [0.2, 0.25) is 0 Å². The van der Waals surface area contributed by atoms with Crippen LogP contribution in [0, 0.1) is 0 Å². The highest BCUT2D eigenvalue weighted by Crippen LogP contribution is 2.33. The van der Waals surface area contributed by atoms with Gasteiger partial charge in [-0.2, -0.15) is 0 Å². The SMILES string of the molecule is O=C(c1cccc([C@H]2CCCNC2)c1)N1CCC[C@@H]1c1ccccc1. The van der Waals surface area contributed by atoms with Gasteiger partial charge in [-0.05, 0) is 61.4 Å². The second-order valence-corrected chi connectivity index (χ2v) is 7.24. The molecule has 0 bridgehead atoms. The smallest absolute Gasteiger partial charge is 0.254 e. The third-order valence-corrected chi connectivity index (χ3v) is 5.60. The van der Waals surface area contributed by atoms with E-state index in [-0.39, 0.29) is 11.9 Å². The van der Waals surface area contributed by atoms with Crippen LogP contribution in [0.25, 0.3) is 0 Å². The zero-order valence-corrected chi connectivity index (χ0v) is 14.7. The molecule has 0 spiro atoms. The highest BCUT2D eigenvalue weighted by Gasteiger charge is 2.30. The Morgan fingerprint density at radius 2 is 1.80 bits per heavy atom. The van der Waals surface area contributed by atoms with Crippen LogP contribution in [0.15, 0.2) is 54.6 Å². The monoisotopic (exact) mass is 334 g/mol. The van der Waals surface area contributed by atoms with Gasteiger partial charge in [0.25, 0.3) is 5.91 Å². The van der Waals surface area contributed by atoms with Gasteiger partial charge >= 0.3 is 0 Å². The molecule has 2 aromatic rings. The van der Waals surface area contributed by atoms with Crippen molar-refractivity contribution >= 4 is 5.91 Å². The molecule has 2 aliphatic rings. The van der Waals surface area contributed by atoms with Gasteiger partial charge in [-0.3, -0.25) is 4.79 Å². The molecule has 3 heteroatoms. The fourth-order valence-electron chi connectivity index (χ4n) is 4.26. The van der Waals surface area contributed by atoms with Crippen molar-refractivity contribution in [2.24, 2.45) is 0 Å². The largest absolute Gasteiger partial charge is 0.332 e. The second-order valence-electron chi connectivity index (χ2n) is 7.24. The number of hydrogen-bond donors (Lipinski definition) is 1. The molecule has 0 aromatic heterocycles. The van der Waals surface area contributed by atoms with Gasteiger partial charge in [0, 0.05) is 18.7 Å². The van der Waals surface area contributed by atoms with Crippen LogP contribution < -0.4 is 5.32 Å². The maximum absolute atomic E-state index is 13.2. The summed E-state index contributed by atoms with van der Waals surface area (Å²) in [5, 5.41) is 3.47. The number of nitrogens with one attached hydrogen (secondary N) is 1. The van der Waals surface area contributed by atoms with Gasteiger partial charge in [-0.1, -0.05) is 42.5 Å². The van der Waals surface area contributed by atoms with E-state index in [2.05, 4.69) is 46.6 Å². The number of carbonyl (C=O) groups is 1. The fraction of sp³-hybridized carbons (Fsp3) is 0.409. The average Bonchev–Trinajstić information content (AvgIpc) is 3.19. The summed E-state index contributed by atoms with van der Waals surface area (Å²) >= 11 is 0. The van der Waals surface area contributed by atoms with Crippen molar-refractivity contribution in [3.63, 3.8) is 0 Å². The highest BCUT2D eigenvalue weighted by molar-refractivity contribution is 5.95. The lowest BCUT2D eigenvalue weighted by atomic mass is 9.90. The summed E-state index contributed by atoms with van der Waals surface area (Å²) < 4.78 is 0. The Bertz CT molecular complexity index is 722. The van der Waals surface area contributed by atoms with Crippen molar-refractivity contribution < 1.29 is 4.79 Å². The number of rotatable bonds is 3. The number of amides is 1. The third-order valence-electron chi connectivity index (χ3n) is 5.60. The first kappa shape index (κ1) is 16.3. The van der Waals surface area contributed by atoms with E-state index >= 15 is 0 Å². The Kier molecular flexibility index (Phi) is 4.84. The summed E-state index contributed by atoms with van der Waals surface area (Å²) in [4.78, 5) is 15.2. The molecule has 2 saturated heterocycles. The van der Waals surface area contributed by atoms with Crippen molar-refractivity contribution in [3.05, 3.63) is 71.3 Å². The molecule has 2 aliphatic heterocycles. The molecule has 0 aliphatic carbocycles. The average molecular weight is 334 g/mol. The van der Waals surface area contributed by atoms with Gasteiger partial charge in [0.05, 0.1) is 6.04 Å². The van der Waals surface area contributed by atoms with Crippen LogP contribution in [0.3, 0.4) is 0 Å². The summed E-state index contributed by atoms with van der Waals surface area (Å²) in [6.07, 6.45) is 4.56. The van der Waals surface area contributed by atoms with Crippen molar-refractivity contribution in [1.82, 2.24) is 10.2 Å². The van der Waals surface area contributed by atoms with E-state index in [1.807, 2.05) is 18.2 Å². The normalized spacial score (nSPS) is 23.6. The first-order valence-electron chi connectivity index (χ1n) is 9.49. The Morgan fingerprint density at radius 3 is 2.60 bits per heavy atom. The van der Waals surface area contributed by atoms with Crippen LogP contribution in [0.2, 0.25) is 0 Å². The number of hydrogen-bond acceptors (Lipinski definition) is 2. The molecular formula is C22H26N2O. The summed E-state index contributed by atoms with van der Waals surface area (Å²) in [7, 11) is 0. The number of nitrogens with zero attached hydrogens (tertiary/aromatic N) is 1. The summed E-state index contributed by atoms with van der Waals surface area (Å²) in [6.45, 7) is 2.99. The van der Waals surface area contributed by atoms with E-state index in [1.165, 1.54) is 24.0 Å². The van der Waals surface area contributed by atoms with Gasteiger partial charge in [-0.15, -0.1) is 0 Å². The summed E-state index contributed by atoms with van der Waals surface area (Å²) in [6, 6.07) is 19.0. The minimum absolute atomic E-state index is 0.178. The zero-order valence-electron chi connectivity index (χ0n) is 14.7. The Morgan fingerprint density at radius 1 is 0.960 bits per heavy atom. The fourth-order valence-corrected chi connectivity index (χ4v) is 4.26. The molecule has 130 valence electrons. The minimum atomic E-state index is 0.178. The van der Waals surface area contributed by atoms with Crippen molar-refractivity contribution in [2.45, 2.75) is 37.6 Å². The zero-order chi connectivity index (χ0) is 17.1. The molecule has 0 unspecified atom stereocenters. The van der Waals surface area contributed by atoms with E-state index in [4.69, 9.17) is 0 Å². The Hall–Kier alpha value is -2.13. The number of carbonyl (C=O) groups excluding carboxylic acids is 1. The highest BCUT2D eigenvalue weighted by atomic mass is 16.2. The number of piperidine rings is 1. The molecule has 0 saturated carbocycles. The van der Waals surface area contributed by atoms with Crippen LogP contribution in [-0.4, -0.2) is 30.4 Å². The molecule has 2 heterocycles. The van der Waals surface area contributed by atoms with E-state index in [1.54, 1.807) is 0 Å². The van der Waals surface area contributed by atoms with Crippen molar-refractivity contribution in [1.29, 1.82) is 0 Å². The number of likely N-dealkylation sites (tertiary alicyclic amines) is 1. The Labute approximate surface area is 150 Å². The summed E-state index contributed by atoms with van der Waals surface area (Å²) in [5.41, 5.74) is 3.39. The van der Waals surface area contributed by atoms with Gasteiger partial charge in [-0.25, -0.2) is 0 Å². The lowest BCUT2D eigenvalue weighted by Crippen LogP contribution is -2.31. The molecule has 1 amide bonds. The molecule has 2 atom stereocenters. The lowest BCUT2D eigenvalue weighted by Gasteiger charge is -2.26. The maximum atomic E-state index is 13.2. The standard InChI is InChI=1S/C22H26N2O/c25-22(24-14-6-12-21(24)17-7-2-1-3-8-17)19-10-4-9-18(15-19)20-11-5-13-23-16-20/h1-4,7-10,15,20-21,23H,5-6,11-14,16H2/t20-,21+/m0/s1. The third kappa shape index (κ3) is 3.47. The van der Waals surface area contributed by atoms with Gasteiger partial charge < -0.3 is 10.2 Å². The maximum Gasteiger partial charge on any atom is 0.254 e. The van der Waals surface area contributed by atoms with Crippen LogP contribution in [0.4, 0.5) is 0 Å². The van der Waals surface area contributed by atoms with Crippen LogP contribution in [0.5, 0.6) is 0 Å². The minimum Gasteiger partial charge on any atom is -0.332 e. The predicted molar refractivity (Wildman–Crippen MR) is 101 cm³/mol. The molecule has 0 radical (unpaired) electrons. The topological polar surface area (TPSA) is 32.3 Å². The molecular weight excluding hydrogens is 308 g/mol. The molecule has 25 heavy (non-hydrogen) atoms.